The second-order valence-electron chi connectivity index (χ2n) is 6.51. The van der Waals surface area contributed by atoms with E-state index in [1.54, 1.807) is 0 Å². The predicted molar refractivity (Wildman–Crippen MR) is 96.8 cm³/mol. The molecule has 3 rings (SSSR count). The van der Waals surface area contributed by atoms with Crippen molar-refractivity contribution in [3.8, 4) is 0 Å². The first kappa shape index (κ1) is 18.8. The van der Waals surface area contributed by atoms with Crippen LogP contribution in [0.3, 0.4) is 0 Å². The lowest BCUT2D eigenvalue weighted by molar-refractivity contribution is -0.141. The maximum atomic E-state index is 14.4. The number of nitrogens with two attached hydrogens (primary N) is 1. The van der Waals surface area contributed by atoms with E-state index in [9.17, 15) is 18.4 Å². The molecule has 0 aliphatic carbocycles. The second kappa shape index (κ2) is 7.34. The fraction of sp³-hybridized carbons (Fsp3) is 0.389. The van der Waals surface area contributed by atoms with E-state index >= 15 is 0 Å². The van der Waals surface area contributed by atoms with Crippen LogP contribution in [0.15, 0.2) is 30.5 Å². The van der Waals surface area contributed by atoms with E-state index in [2.05, 4.69) is 10.4 Å². The van der Waals surface area contributed by atoms with Crippen LogP contribution in [0.4, 0.5) is 20.2 Å². The van der Waals surface area contributed by atoms with Crippen molar-refractivity contribution in [2.24, 2.45) is 12.8 Å². The number of hydrogen-bond acceptors (Lipinski definition) is 4. The van der Waals surface area contributed by atoms with Crippen LogP contribution in [0.2, 0.25) is 0 Å². The summed E-state index contributed by atoms with van der Waals surface area (Å²) in [7, 11) is 1.34. The summed E-state index contributed by atoms with van der Waals surface area (Å²) in [5.41, 5.74) is 5.95. The SMILES string of the molecule is Cn1nccc1C(F)(F)C(=O)Nc1ccc(C(N)=O)c(N2CCCCC2)c1. The zero-order valence-electron chi connectivity index (χ0n) is 14.9. The summed E-state index contributed by atoms with van der Waals surface area (Å²) in [5, 5.41) is 5.91. The van der Waals surface area contributed by atoms with Crippen LogP contribution < -0.4 is 16.0 Å². The number of piperidine rings is 1. The van der Waals surface area contributed by atoms with Gasteiger partial charge < -0.3 is 16.0 Å². The molecule has 1 saturated heterocycles. The van der Waals surface area contributed by atoms with Crippen LogP contribution in [0.5, 0.6) is 0 Å². The Morgan fingerprint density at radius 3 is 2.48 bits per heavy atom. The Labute approximate surface area is 155 Å². The number of rotatable bonds is 5. The molecule has 0 atom stereocenters. The summed E-state index contributed by atoms with van der Waals surface area (Å²) in [6.07, 6.45) is 4.23. The van der Waals surface area contributed by atoms with Crippen molar-refractivity contribution in [3.05, 3.63) is 41.7 Å². The van der Waals surface area contributed by atoms with Crippen molar-refractivity contribution in [1.29, 1.82) is 0 Å². The number of benzene rings is 1. The molecule has 3 N–H and O–H groups in total. The van der Waals surface area contributed by atoms with Gasteiger partial charge in [-0.3, -0.25) is 14.3 Å². The number of carbonyl (C=O) groups excluding carboxylic acids is 2. The Kier molecular flexibility index (Phi) is 5.11. The van der Waals surface area contributed by atoms with Crippen molar-refractivity contribution in [3.63, 3.8) is 0 Å². The van der Waals surface area contributed by atoms with Gasteiger partial charge >= 0.3 is 11.8 Å². The minimum absolute atomic E-state index is 0.174. The monoisotopic (exact) mass is 377 g/mol. The van der Waals surface area contributed by atoms with Gasteiger partial charge in [-0.2, -0.15) is 13.9 Å². The molecule has 9 heteroatoms. The molecule has 2 aromatic rings. The number of nitrogens with one attached hydrogen (secondary N) is 1. The normalized spacial score (nSPS) is 14.9. The Hall–Kier alpha value is -2.97. The van der Waals surface area contributed by atoms with Crippen molar-refractivity contribution in [1.82, 2.24) is 9.78 Å². The number of aromatic nitrogens is 2. The fourth-order valence-electron chi connectivity index (χ4n) is 3.22. The first-order valence-electron chi connectivity index (χ1n) is 8.67. The molecule has 1 aliphatic rings. The molecule has 0 unspecified atom stereocenters. The van der Waals surface area contributed by atoms with E-state index in [0.717, 1.165) is 43.1 Å². The molecular formula is C18H21F2N5O2. The van der Waals surface area contributed by atoms with Crippen LogP contribution in [0.1, 0.15) is 35.3 Å². The number of primary amides is 1. The summed E-state index contributed by atoms with van der Waals surface area (Å²) in [4.78, 5) is 25.9. The van der Waals surface area contributed by atoms with Gasteiger partial charge in [-0.25, -0.2) is 0 Å². The third-order valence-corrected chi connectivity index (χ3v) is 4.65. The number of hydrogen-bond donors (Lipinski definition) is 2. The number of aryl methyl sites for hydroxylation is 1. The lowest BCUT2D eigenvalue weighted by atomic mass is 10.1. The Balaban J connectivity index is 1.87. The van der Waals surface area contributed by atoms with Crippen LogP contribution in [0.25, 0.3) is 0 Å². The van der Waals surface area contributed by atoms with Gasteiger partial charge in [-0.05, 0) is 43.5 Å². The van der Waals surface area contributed by atoms with Crippen molar-refractivity contribution in [2.45, 2.75) is 25.2 Å². The van der Waals surface area contributed by atoms with Crippen molar-refractivity contribution in [2.75, 3.05) is 23.3 Å². The topological polar surface area (TPSA) is 93.2 Å². The zero-order chi connectivity index (χ0) is 19.6. The Morgan fingerprint density at radius 2 is 1.89 bits per heavy atom. The maximum absolute atomic E-state index is 14.4. The van der Waals surface area contributed by atoms with Gasteiger partial charge in [0.05, 0.1) is 11.3 Å². The highest BCUT2D eigenvalue weighted by Gasteiger charge is 2.43. The van der Waals surface area contributed by atoms with E-state index in [4.69, 9.17) is 5.73 Å². The molecule has 2 amide bonds. The summed E-state index contributed by atoms with van der Waals surface area (Å²) in [6, 6.07) is 5.45. The summed E-state index contributed by atoms with van der Waals surface area (Å²) in [5.74, 6) is -5.82. The number of alkyl halides is 2. The molecule has 1 aliphatic heterocycles. The minimum atomic E-state index is -3.75. The van der Waals surface area contributed by atoms with Gasteiger partial charge in [-0.1, -0.05) is 0 Å². The van der Waals surface area contributed by atoms with E-state index in [0.29, 0.717) is 11.3 Å². The minimum Gasteiger partial charge on any atom is -0.371 e. The molecule has 1 fully saturated rings. The van der Waals surface area contributed by atoms with Crippen LogP contribution in [-0.4, -0.2) is 34.7 Å². The van der Waals surface area contributed by atoms with Crippen molar-refractivity contribution < 1.29 is 18.4 Å². The first-order chi connectivity index (χ1) is 12.8. The lowest BCUT2D eigenvalue weighted by Crippen LogP contribution is -2.34. The van der Waals surface area contributed by atoms with Crippen LogP contribution in [-0.2, 0) is 17.8 Å². The molecule has 1 aromatic heterocycles. The van der Waals surface area contributed by atoms with Crippen LogP contribution >= 0.6 is 0 Å². The predicted octanol–water partition coefficient (Wildman–Crippen LogP) is 2.24. The van der Waals surface area contributed by atoms with E-state index in [1.807, 2.05) is 4.90 Å². The van der Waals surface area contributed by atoms with Crippen molar-refractivity contribution >= 4 is 23.2 Å². The standard InChI is InChI=1S/C18H21F2N5O2/c1-24-15(7-8-22-24)18(19,20)17(27)23-12-5-6-13(16(21)26)14(11-12)25-9-3-2-4-10-25/h5-8,11H,2-4,9-10H2,1H3,(H2,21,26)(H,23,27). The van der Waals surface area contributed by atoms with Gasteiger partial charge in [0.25, 0.3) is 5.91 Å². The van der Waals surface area contributed by atoms with Gasteiger partial charge in [0.1, 0.15) is 5.69 Å². The first-order valence-corrected chi connectivity index (χ1v) is 8.67. The molecule has 7 nitrogen and oxygen atoms in total. The highest BCUT2D eigenvalue weighted by Crippen LogP contribution is 2.31. The molecule has 0 saturated carbocycles. The highest BCUT2D eigenvalue weighted by atomic mass is 19.3. The van der Waals surface area contributed by atoms with Gasteiger partial charge in [0.15, 0.2) is 0 Å². The lowest BCUT2D eigenvalue weighted by Gasteiger charge is -2.30. The zero-order valence-corrected chi connectivity index (χ0v) is 14.9. The number of anilines is 2. The Morgan fingerprint density at radius 1 is 1.19 bits per heavy atom. The van der Waals surface area contributed by atoms with Gasteiger partial charge in [0.2, 0.25) is 0 Å². The second-order valence-corrected chi connectivity index (χ2v) is 6.51. The van der Waals surface area contributed by atoms with Crippen LogP contribution in [0, 0.1) is 0 Å². The molecule has 144 valence electrons. The molecule has 0 bridgehead atoms. The average Bonchev–Trinajstić information content (AvgIpc) is 3.09. The highest BCUT2D eigenvalue weighted by molar-refractivity contribution is 6.01. The third-order valence-electron chi connectivity index (χ3n) is 4.65. The number of halogens is 2. The summed E-state index contributed by atoms with van der Waals surface area (Å²) < 4.78 is 29.8. The molecule has 0 radical (unpaired) electrons. The summed E-state index contributed by atoms with van der Waals surface area (Å²) in [6.45, 7) is 1.48. The smallest absolute Gasteiger partial charge is 0.366 e. The maximum Gasteiger partial charge on any atom is 0.366 e. The Bertz CT molecular complexity index is 859. The summed E-state index contributed by atoms with van der Waals surface area (Å²) >= 11 is 0. The fourth-order valence-corrected chi connectivity index (χ4v) is 3.22. The molecular weight excluding hydrogens is 356 g/mol. The van der Waals surface area contributed by atoms with Gasteiger partial charge in [0, 0.05) is 32.0 Å². The number of amides is 2. The van der Waals surface area contributed by atoms with Gasteiger partial charge in [-0.15, -0.1) is 0 Å². The van der Waals surface area contributed by atoms with E-state index in [-0.39, 0.29) is 5.69 Å². The molecule has 27 heavy (non-hydrogen) atoms. The largest absolute Gasteiger partial charge is 0.371 e. The number of carbonyl (C=O) groups is 2. The average molecular weight is 377 g/mol. The third kappa shape index (κ3) is 3.76. The molecule has 1 aromatic carbocycles. The van der Waals surface area contributed by atoms with E-state index in [1.165, 1.54) is 31.4 Å². The van der Waals surface area contributed by atoms with E-state index < -0.39 is 23.4 Å². The molecule has 2 heterocycles. The quantitative estimate of drug-likeness (QED) is 0.836. The number of nitrogens with zero attached hydrogens (tertiary/aromatic N) is 3. The molecule has 0 spiro atoms.